The number of fused-ring (bicyclic) bond motifs is 1. The maximum absolute atomic E-state index is 5.24. The molecule has 0 spiro atoms. The van der Waals surface area contributed by atoms with Crippen LogP contribution in [0.1, 0.15) is 25.7 Å². The maximum Gasteiger partial charge on any atom is 0.208 e. The second kappa shape index (κ2) is 8.39. The lowest BCUT2D eigenvalue weighted by Gasteiger charge is -2.26. The Morgan fingerprint density at radius 1 is 1.04 bits per heavy atom. The van der Waals surface area contributed by atoms with Crippen molar-refractivity contribution in [3.05, 3.63) is 42.7 Å². The van der Waals surface area contributed by atoms with Crippen LogP contribution in [0.3, 0.4) is 0 Å². The van der Waals surface area contributed by atoms with E-state index in [0.717, 1.165) is 47.9 Å². The largest absolute Gasteiger partial charge is 0.497 e. The van der Waals surface area contributed by atoms with Crippen molar-refractivity contribution in [1.82, 2.24) is 19.4 Å². The average molecular weight is 365 g/mol. The van der Waals surface area contributed by atoms with Crippen molar-refractivity contribution < 1.29 is 4.74 Å². The van der Waals surface area contributed by atoms with Gasteiger partial charge in [-0.3, -0.25) is 4.98 Å². The van der Waals surface area contributed by atoms with Gasteiger partial charge in [0.25, 0.3) is 0 Å². The molecular weight excluding hydrogens is 338 g/mol. The van der Waals surface area contributed by atoms with Gasteiger partial charge in [0.05, 0.1) is 18.8 Å². The highest BCUT2D eigenvalue weighted by atomic mass is 16.5. The van der Waals surface area contributed by atoms with E-state index in [2.05, 4.69) is 19.8 Å². The molecule has 0 atom stereocenters. The summed E-state index contributed by atoms with van der Waals surface area (Å²) in [5.41, 5.74) is 3.04. The van der Waals surface area contributed by atoms with Crippen LogP contribution in [0.5, 0.6) is 5.75 Å². The minimum absolute atomic E-state index is 0.847. The SMILES string of the molecule is COc1ccc(Nc2nc3cnccc3n2CCCN2CCCCC2)cc1. The van der Waals surface area contributed by atoms with Crippen molar-refractivity contribution in [3.63, 3.8) is 0 Å². The lowest BCUT2D eigenvalue weighted by Crippen LogP contribution is -2.31. The Bertz CT molecular complexity index is 868. The van der Waals surface area contributed by atoms with Crippen molar-refractivity contribution in [3.8, 4) is 5.75 Å². The minimum Gasteiger partial charge on any atom is -0.497 e. The van der Waals surface area contributed by atoms with Gasteiger partial charge in [-0.25, -0.2) is 4.98 Å². The molecule has 6 nitrogen and oxygen atoms in total. The van der Waals surface area contributed by atoms with Crippen molar-refractivity contribution in [2.24, 2.45) is 0 Å². The van der Waals surface area contributed by atoms with Gasteiger partial charge in [0.2, 0.25) is 5.95 Å². The summed E-state index contributed by atoms with van der Waals surface area (Å²) in [4.78, 5) is 11.6. The molecule has 142 valence electrons. The fraction of sp³-hybridized carbons (Fsp3) is 0.429. The topological polar surface area (TPSA) is 55.2 Å². The van der Waals surface area contributed by atoms with Gasteiger partial charge in [-0.15, -0.1) is 0 Å². The number of benzene rings is 1. The molecule has 2 aromatic heterocycles. The molecule has 1 aliphatic rings. The number of anilines is 2. The molecule has 1 aromatic carbocycles. The smallest absolute Gasteiger partial charge is 0.208 e. The van der Waals surface area contributed by atoms with Crippen molar-refractivity contribution in [1.29, 1.82) is 0 Å². The summed E-state index contributed by atoms with van der Waals surface area (Å²) in [5, 5.41) is 3.46. The monoisotopic (exact) mass is 365 g/mol. The molecule has 27 heavy (non-hydrogen) atoms. The summed E-state index contributed by atoms with van der Waals surface area (Å²) >= 11 is 0. The van der Waals surface area contributed by atoms with Crippen LogP contribution >= 0.6 is 0 Å². The van der Waals surface area contributed by atoms with Crippen molar-refractivity contribution in [2.75, 3.05) is 32.1 Å². The standard InChI is InChI=1S/C21H27N5O/c1-27-18-8-6-17(7-9-18)23-21-24-19-16-22-11-10-20(19)26(21)15-5-14-25-12-3-2-4-13-25/h6-11,16H,2-5,12-15H2,1H3,(H,23,24). The second-order valence-electron chi connectivity index (χ2n) is 7.06. The molecule has 1 N–H and O–H groups in total. The van der Waals surface area contributed by atoms with Gasteiger partial charge in [-0.2, -0.15) is 0 Å². The fourth-order valence-electron chi connectivity index (χ4n) is 3.74. The highest BCUT2D eigenvalue weighted by Crippen LogP contribution is 2.24. The van der Waals surface area contributed by atoms with Gasteiger partial charge in [0.1, 0.15) is 11.3 Å². The molecule has 0 radical (unpaired) electrons. The zero-order valence-corrected chi connectivity index (χ0v) is 15.9. The van der Waals surface area contributed by atoms with Gasteiger partial charge in [-0.05, 0) is 69.2 Å². The summed E-state index contributed by atoms with van der Waals surface area (Å²) in [6, 6.07) is 9.96. The van der Waals surface area contributed by atoms with Gasteiger partial charge in [-0.1, -0.05) is 6.42 Å². The molecule has 1 fully saturated rings. The number of ether oxygens (including phenoxy) is 1. The Hall–Kier alpha value is -2.60. The molecule has 4 rings (SSSR count). The predicted molar refractivity (Wildman–Crippen MR) is 109 cm³/mol. The molecule has 0 aliphatic carbocycles. The van der Waals surface area contributed by atoms with Gasteiger partial charge in [0.15, 0.2) is 0 Å². The number of hydrogen-bond donors (Lipinski definition) is 1. The van der Waals surface area contributed by atoms with Crippen LogP contribution in [-0.2, 0) is 6.54 Å². The average Bonchev–Trinajstić information content (AvgIpc) is 3.07. The van der Waals surface area contributed by atoms with E-state index in [1.54, 1.807) is 7.11 Å². The van der Waals surface area contributed by atoms with Crippen molar-refractivity contribution in [2.45, 2.75) is 32.2 Å². The maximum atomic E-state index is 5.24. The van der Waals surface area contributed by atoms with Crippen LogP contribution < -0.4 is 10.1 Å². The first-order valence-corrected chi connectivity index (χ1v) is 9.77. The van der Waals surface area contributed by atoms with Crippen LogP contribution in [0.15, 0.2) is 42.7 Å². The Morgan fingerprint density at radius 2 is 1.85 bits per heavy atom. The van der Waals surface area contributed by atoms with Crippen LogP contribution in [0, 0.1) is 0 Å². The molecule has 3 heterocycles. The summed E-state index contributed by atoms with van der Waals surface area (Å²) in [7, 11) is 1.68. The van der Waals surface area contributed by atoms with Crippen LogP contribution in [0.4, 0.5) is 11.6 Å². The number of nitrogens with one attached hydrogen (secondary N) is 1. The number of pyridine rings is 1. The van der Waals surface area contributed by atoms with E-state index in [-0.39, 0.29) is 0 Å². The third kappa shape index (κ3) is 4.22. The van der Waals surface area contributed by atoms with Crippen LogP contribution in [0.25, 0.3) is 11.0 Å². The van der Waals surface area contributed by atoms with E-state index < -0.39 is 0 Å². The highest BCUT2D eigenvalue weighted by Gasteiger charge is 2.13. The predicted octanol–water partition coefficient (Wildman–Crippen LogP) is 4.06. The third-order valence-corrected chi connectivity index (χ3v) is 5.20. The zero-order valence-electron chi connectivity index (χ0n) is 15.9. The van der Waals surface area contributed by atoms with E-state index in [1.165, 1.54) is 32.4 Å². The van der Waals surface area contributed by atoms with E-state index >= 15 is 0 Å². The number of rotatable bonds is 7. The van der Waals surface area contributed by atoms with Gasteiger partial charge < -0.3 is 19.5 Å². The highest BCUT2D eigenvalue weighted by molar-refractivity contribution is 5.78. The number of imidazole rings is 1. The first-order valence-electron chi connectivity index (χ1n) is 9.77. The number of hydrogen-bond acceptors (Lipinski definition) is 5. The fourth-order valence-corrected chi connectivity index (χ4v) is 3.74. The lowest BCUT2D eigenvalue weighted by atomic mass is 10.1. The summed E-state index contributed by atoms with van der Waals surface area (Å²) in [6.07, 6.45) is 8.84. The van der Waals surface area contributed by atoms with Gasteiger partial charge in [0, 0.05) is 18.4 Å². The summed E-state index contributed by atoms with van der Waals surface area (Å²) in [6.45, 7) is 4.57. The molecule has 1 saturated heterocycles. The lowest BCUT2D eigenvalue weighted by molar-refractivity contribution is 0.223. The Morgan fingerprint density at radius 3 is 2.63 bits per heavy atom. The number of piperidine rings is 1. The second-order valence-corrected chi connectivity index (χ2v) is 7.06. The molecule has 3 aromatic rings. The number of nitrogens with zero attached hydrogens (tertiary/aromatic N) is 4. The van der Waals surface area contributed by atoms with E-state index in [1.807, 2.05) is 42.7 Å². The first kappa shape index (κ1) is 17.8. The minimum atomic E-state index is 0.847. The van der Waals surface area contributed by atoms with Crippen LogP contribution in [0.2, 0.25) is 0 Å². The van der Waals surface area contributed by atoms with E-state index in [9.17, 15) is 0 Å². The number of likely N-dealkylation sites (tertiary alicyclic amines) is 1. The third-order valence-electron chi connectivity index (χ3n) is 5.20. The molecule has 0 unspecified atom stereocenters. The molecule has 6 heteroatoms. The molecule has 0 amide bonds. The quantitative estimate of drug-likeness (QED) is 0.684. The van der Waals surface area contributed by atoms with Crippen LogP contribution in [-0.4, -0.2) is 46.2 Å². The molecule has 1 aliphatic heterocycles. The molecular formula is C21H27N5O. The molecule has 0 bridgehead atoms. The number of methoxy groups -OCH3 is 1. The number of aryl methyl sites for hydroxylation is 1. The number of aromatic nitrogens is 3. The van der Waals surface area contributed by atoms with E-state index in [0.29, 0.717) is 0 Å². The Labute approximate surface area is 160 Å². The molecule has 0 saturated carbocycles. The van der Waals surface area contributed by atoms with Gasteiger partial charge >= 0.3 is 0 Å². The Balaban J connectivity index is 1.51. The first-order chi connectivity index (χ1) is 13.3. The van der Waals surface area contributed by atoms with Crippen molar-refractivity contribution >= 4 is 22.7 Å². The summed E-state index contributed by atoms with van der Waals surface area (Å²) in [5.74, 6) is 1.71. The zero-order chi connectivity index (χ0) is 18.5. The summed E-state index contributed by atoms with van der Waals surface area (Å²) < 4.78 is 7.51. The normalized spacial score (nSPS) is 15.1. The Kier molecular flexibility index (Phi) is 5.53. The van der Waals surface area contributed by atoms with E-state index in [4.69, 9.17) is 9.72 Å².